The van der Waals surface area contributed by atoms with Crippen molar-refractivity contribution in [1.82, 2.24) is 10.3 Å². The van der Waals surface area contributed by atoms with Gasteiger partial charge in [-0.2, -0.15) is 0 Å². The van der Waals surface area contributed by atoms with Gasteiger partial charge in [0.25, 0.3) is 0 Å². The number of nitrogens with zero attached hydrogens (tertiary/aromatic N) is 1. The molecule has 1 N–H and O–H groups in total. The fraction of sp³-hybridized carbons (Fsp3) is 0.312. The van der Waals surface area contributed by atoms with E-state index < -0.39 is 0 Å². The molecule has 0 fully saturated rings. The lowest BCUT2D eigenvalue weighted by molar-refractivity contribution is 0.406. The summed E-state index contributed by atoms with van der Waals surface area (Å²) in [6, 6.07) is 12.5. The van der Waals surface area contributed by atoms with Gasteiger partial charge < -0.3 is 10.1 Å². The molecule has 0 amide bonds. The molecule has 0 aliphatic rings. The van der Waals surface area contributed by atoms with Gasteiger partial charge >= 0.3 is 0 Å². The zero-order chi connectivity index (χ0) is 13.7. The zero-order valence-electron chi connectivity index (χ0n) is 11.7. The molecule has 1 atom stereocenters. The molecule has 0 aliphatic heterocycles. The van der Waals surface area contributed by atoms with E-state index in [9.17, 15) is 0 Å². The molecule has 3 heteroatoms. The van der Waals surface area contributed by atoms with Gasteiger partial charge in [0.15, 0.2) is 0 Å². The molecule has 0 radical (unpaired) electrons. The number of methoxy groups -OCH3 is 1. The summed E-state index contributed by atoms with van der Waals surface area (Å²) < 4.78 is 5.41. The van der Waals surface area contributed by atoms with Crippen LogP contribution in [0.15, 0.2) is 42.6 Å². The molecule has 3 nitrogen and oxygen atoms in total. The largest absolute Gasteiger partial charge is 0.496 e. The maximum Gasteiger partial charge on any atom is 0.122 e. The average Bonchev–Trinajstić information content (AvgIpc) is 2.46. The predicted octanol–water partition coefficient (Wildman–Crippen LogP) is 2.90. The molecule has 2 rings (SSSR count). The zero-order valence-corrected chi connectivity index (χ0v) is 11.7. The second-order valence-electron chi connectivity index (χ2n) is 4.54. The molecule has 0 saturated carbocycles. The van der Waals surface area contributed by atoms with Gasteiger partial charge in [-0.1, -0.05) is 24.3 Å². The molecule has 0 aliphatic carbocycles. The number of likely N-dealkylation sites (N-methyl/N-ethyl adjacent to an activating group) is 1. The summed E-state index contributed by atoms with van der Waals surface area (Å²) in [5.41, 5.74) is 3.50. The van der Waals surface area contributed by atoms with Gasteiger partial charge in [0, 0.05) is 17.9 Å². The van der Waals surface area contributed by atoms with Crippen LogP contribution in [0, 0.1) is 6.92 Å². The SMILES string of the molecule is CNC(Cc1ccccc1OC)c1cccnc1C. The number of nitrogens with one attached hydrogen (secondary N) is 1. The van der Waals surface area contributed by atoms with Crippen LogP contribution in [-0.2, 0) is 6.42 Å². The van der Waals surface area contributed by atoms with Gasteiger partial charge in [0.1, 0.15) is 5.75 Å². The predicted molar refractivity (Wildman–Crippen MR) is 77.5 cm³/mol. The number of aromatic nitrogens is 1. The monoisotopic (exact) mass is 256 g/mol. The Kier molecular flexibility index (Phi) is 4.53. The minimum Gasteiger partial charge on any atom is -0.496 e. The van der Waals surface area contributed by atoms with E-state index in [4.69, 9.17) is 4.74 Å². The minimum absolute atomic E-state index is 0.241. The smallest absolute Gasteiger partial charge is 0.122 e. The first-order chi connectivity index (χ1) is 9.26. The van der Waals surface area contributed by atoms with E-state index in [1.54, 1.807) is 7.11 Å². The third kappa shape index (κ3) is 3.12. The number of aryl methyl sites for hydroxylation is 1. The summed E-state index contributed by atoms with van der Waals surface area (Å²) in [6.07, 6.45) is 2.71. The molecule has 1 aromatic carbocycles. The summed E-state index contributed by atoms with van der Waals surface area (Å²) in [5.74, 6) is 0.935. The van der Waals surface area contributed by atoms with Gasteiger partial charge in [0.2, 0.25) is 0 Å². The van der Waals surface area contributed by atoms with Gasteiger partial charge in [-0.3, -0.25) is 4.98 Å². The Hall–Kier alpha value is -1.87. The second kappa shape index (κ2) is 6.34. The minimum atomic E-state index is 0.241. The average molecular weight is 256 g/mol. The number of para-hydroxylation sites is 1. The lowest BCUT2D eigenvalue weighted by Crippen LogP contribution is -2.20. The normalized spacial score (nSPS) is 12.2. The van der Waals surface area contributed by atoms with Crippen LogP contribution in [0.2, 0.25) is 0 Å². The maximum absolute atomic E-state index is 5.41. The number of pyridine rings is 1. The Morgan fingerprint density at radius 3 is 2.68 bits per heavy atom. The highest BCUT2D eigenvalue weighted by Gasteiger charge is 2.14. The molecule has 19 heavy (non-hydrogen) atoms. The van der Waals surface area contributed by atoms with Crippen molar-refractivity contribution in [2.45, 2.75) is 19.4 Å². The number of ether oxygens (including phenoxy) is 1. The maximum atomic E-state index is 5.41. The highest BCUT2D eigenvalue weighted by molar-refractivity contribution is 5.35. The van der Waals surface area contributed by atoms with Crippen LogP contribution in [0.4, 0.5) is 0 Å². The van der Waals surface area contributed by atoms with Crippen molar-refractivity contribution in [3.05, 3.63) is 59.4 Å². The standard InChI is InChI=1S/C16H20N2O/c1-12-14(8-6-10-18-12)15(17-2)11-13-7-4-5-9-16(13)19-3/h4-10,15,17H,11H2,1-3H3. The van der Waals surface area contributed by atoms with Crippen molar-refractivity contribution in [2.24, 2.45) is 0 Å². The number of benzene rings is 1. The highest BCUT2D eigenvalue weighted by atomic mass is 16.5. The fourth-order valence-electron chi connectivity index (χ4n) is 2.32. The first-order valence-corrected chi connectivity index (χ1v) is 6.47. The number of rotatable bonds is 5. The topological polar surface area (TPSA) is 34.1 Å². The van der Waals surface area contributed by atoms with Gasteiger partial charge in [-0.05, 0) is 43.7 Å². The molecule has 1 heterocycles. The van der Waals surface area contributed by atoms with Crippen LogP contribution in [0.25, 0.3) is 0 Å². The van der Waals surface area contributed by atoms with E-state index in [1.165, 1.54) is 11.1 Å². The van der Waals surface area contributed by atoms with Crippen LogP contribution >= 0.6 is 0 Å². The Morgan fingerprint density at radius 2 is 2.00 bits per heavy atom. The van der Waals surface area contributed by atoms with Crippen LogP contribution in [0.1, 0.15) is 22.9 Å². The van der Waals surface area contributed by atoms with Crippen LogP contribution < -0.4 is 10.1 Å². The Bertz CT molecular complexity index is 540. The molecule has 0 bridgehead atoms. The van der Waals surface area contributed by atoms with E-state index >= 15 is 0 Å². The summed E-state index contributed by atoms with van der Waals surface area (Å²) in [6.45, 7) is 2.04. The van der Waals surface area contributed by atoms with E-state index in [0.717, 1.165) is 17.9 Å². The summed E-state index contributed by atoms with van der Waals surface area (Å²) >= 11 is 0. The van der Waals surface area contributed by atoms with Crippen LogP contribution in [0.5, 0.6) is 5.75 Å². The van der Waals surface area contributed by atoms with Crippen molar-refractivity contribution in [2.75, 3.05) is 14.2 Å². The Balaban J connectivity index is 2.27. The van der Waals surface area contributed by atoms with E-state index in [-0.39, 0.29) is 6.04 Å². The molecule has 0 spiro atoms. The van der Waals surface area contributed by atoms with Gasteiger partial charge in [-0.15, -0.1) is 0 Å². The van der Waals surface area contributed by atoms with Crippen molar-refractivity contribution in [1.29, 1.82) is 0 Å². The third-order valence-electron chi connectivity index (χ3n) is 3.39. The van der Waals surface area contributed by atoms with Crippen molar-refractivity contribution < 1.29 is 4.74 Å². The Labute approximate surface area is 114 Å². The second-order valence-corrected chi connectivity index (χ2v) is 4.54. The first kappa shape index (κ1) is 13.6. The van der Waals surface area contributed by atoms with E-state index in [2.05, 4.69) is 22.4 Å². The molecule has 100 valence electrons. The summed E-state index contributed by atoms with van der Waals surface area (Å²) in [4.78, 5) is 4.36. The quantitative estimate of drug-likeness (QED) is 0.893. The molecule has 1 aromatic heterocycles. The summed E-state index contributed by atoms with van der Waals surface area (Å²) in [7, 11) is 3.69. The summed E-state index contributed by atoms with van der Waals surface area (Å²) in [5, 5.41) is 3.36. The number of hydrogen-bond acceptors (Lipinski definition) is 3. The highest BCUT2D eigenvalue weighted by Crippen LogP contribution is 2.25. The van der Waals surface area contributed by atoms with E-state index in [0.29, 0.717) is 0 Å². The van der Waals surface area contributed by atoms with Crippen LogP contribution in [-0.4, -0.2) is 19.1 Å². The lowest BCUT2D eigenvalue weighted by Gasteiger charge is -2.19. The van der Waals surface area contributed by atoms with Crippen molar-refractivity contribution in [3.8, 4) is 5.75 Å². The van der Waals surface area contributed by atoms with Crippen LogP contribution in [0.3, 0.4) is 0 Å². The molecular formula is C16H20N2O. The third-order valence-corrected chi connectivity index (χ3v) is 3.39. The van der Waals surface area contributed by atoms with Crippen molar-refractivity contribution >= 4 is 0 Å². The lowest BCUT2D eigenvalue weighted by atomic mass is 9.97. The fourth-order valence-corrected chi connectivity index (χ4v) is 2.32. The Morgan fingerprint density at radius 1 is 1.21 bits per heavy atom. The van der Waals surface area contributed by atoms with Gasteiger partial charge in [0.05, 0.1) is 7.11 Å². The molecule has 0 saturated heterocycles. The molecule has 2 aromatic rings. The first-order valence-electron chi connectivity index (χ1n) is 6.47. The molecule has 1 unspecified atom stereocenters. The van der Waals surface area contributed by atoms with E-state index in [1.807, 2.05) is 44.4 Å². The van der Waals surface area contributed by atoms with Gasteiger partial charge in [-0.25, -0.2) is 0 Å². The number of hydrogen-bond donors (Lipinski definition) is 1. The molecular weight excluding hydrogens is 236 g/mol. The van der Waals surface area contributed by atoms with Crippen molar-refractivity contribution in [3.63, 3.8) is 0 Å².